The molecular weight excluding hydrogens is 291 g/mol. The van der Waals surface area contributed by atoms with Gasteiger partial charge in [-0.3, -0.25) is 4.79 Å². The SMILES string of the molecule is O=C(Nc1cccc2c1CCCC2)c1cc(F)cnc1Cl. The van der Waals surface area contributed by atoms with Crippen molar-refractivity contribution < 1.29 is 9.18 Å². The zero-order valence-electron chi connectivity index (χ0n) is 11.3. The van der Waals surface area contributed by atoms with Gasteiger partial charge in [0.2, 0.25) is 0 Å². The van der Waals surface area contributed by atoms with Gasteiger partial charge in [0.1, 0.15) is 11.0 Å². The summed E-state index contributed by atoms with van der Waals surface area (Å²) in [7, 11) is 0. The molecule has 1 heterocycles. The Hall–Kier alpha value is -1.94. The Morgan fingerprint density at radius 3 is 2.95 bits per heavy atom. The molecule has 1 amide bonds. The number of anilines is 1. The van der Waals surface area contributed by atoms with E-state index in [9.17, 15) is 9.18 Å². The van der Waals surface area contributed by atoms with Crippen LogP contribution in [0.5, 0.6) is 0 Å². The summed E-state index contributed by atoms with van der Waals surface area (Å²) < 4.78 is 13.2. The van der Waals surface area contributed by atoms with Crippen molar-refractivity contribution >= 4 is 23.2 Å². The summed E-state index contributed by atoms with van der Waals surface area (Å²) in [4.78, 5) is 15.9. The van der Waals surface area contributed by atoms with E-state index in [1.54, 1.807) is 0 Å². The predicted molar refractivity (Wildman–Crippen MR) is 80.2 cm³/mol. The van der Waals surface area contributed by atoms with E-state index in [0.29, 0.717) is 0 Å². The third-order valence-electron chi connectivity index (χ3n) is 3.69. The van der Waals surface area contributed by atoms with Gasteiger partial charge in [0.25, 0.3) is 5.91 Å². The highest BCUT2D eigenvalue weighted by Crippen LogP contribution is 2.28. The van der Waals surface area contributed by atoms with E-state index in [0.717, 1.165) is 42.8 Å². The second-order valence-electron chi connectivity index (χ2n) is 5.10. The molecule has 3 rings (SSSR count). The number of carbonyl (C=O) groups is 1. The summed E-state index contributed by atoms with van der Waals surface area (Å²) in [5.41, 5.74) is 3.25. The van der Waals surface area contributed by atoms with Crippen molar-refractivity contribution in [2.75, 3.05) is 5.32 Å². The maximum absolute atomic E-state index is 13.2. The van der Waals surface area contributed by atoms with Crippen molar-refractivity contribution in [2.24, 2.45) is 0 Å². The Morgan fingerprint density at radius 1 is 1.29 bits per heavy atom. The van der Waals surface area contributed by atoms with Crippen molar-refractivity contribution in [1.82, 2.24) is 4.98 Å². The molecule has 0 bridgehead atoms. The van der Waals surface area contributed by atoms with E-state index in [-0.39, 0.29) is 10.7 Å². The van der Waals surface area contributed by atoms with Crippen LogP contribution in [0.15, 0.2) is 30.5 Å². The number of benzene rings is 1. The molecule has 0 radical (unpaired) electrons. The van der Waals surface area contributed by atoms with Crippen LogP contribution in [-0.2, 0) is 12.8 Å². The molecule has 0 unspecified atom stereocenters. The van der Waals surface area contributed by atoms with Gasteiger partial charge < -0.3 is 5.32 Å². The van der Waals surface area contributed by atoms with Gasteiger partial charge >= 0.3 is 0 Å². The molecule has 0 fully saturated rings. The third-order valence-corrected chi connectivity index (χ3v) is 4.00. The topological polar surface area (TPSA) is 42.0 Å². The molecule has 1 N–H and O–H groups in total. The van der Waals surface area contributed by atoms with Gasteiger partial charge in [-0.05, 0) is 48.9 Å². The Bertz CT molecular complexity index is 703. The molecule has 3 nitrogen and oxygen atoms in total. The molecule has 0 aliphatic heterocycles. The zero-order valence-corrected chi connectivity index (χ0v) is 12.1. The quantitative estimate of drug-likeness (QED) is 0.852. The maximum atomic E-state index is 13.2. The number of aryl methyl sites for hydroxylation is 1. The molecule has 21 heavy (non-hydrogen) atoms. The summed E-state index contributed by atoms with van der Waals surface area (Å²) in [6.45, 7) is 0. The second kappa shape index (κ2) is 5.82. The molecule has 1 aliphatic rings. The molecule has 2 aromatic rings. The van der Waals surface area contributed by atoms with Crippen LogP contribution in [0.2, 0.25) is 5.15 Å². The molecule has 5 heteroatoms. The normalized spacial score (nSPS) is 13.6. The Morgan fingerprint density at radius 2 is 2.10 bits per heavy atom. The first kappa shape index (κ1) is 14.0. The lowest BCUT2D eigenvalue weighted by molar-refractivity contribution is 0.102. The number of amides is 1. The summed E-state index contributed by atoms with van der Waals surface area (Å²) in [6, 6.07) is 6.97. The first-order valence-electron chi connectivity index (χ1n) is 6.88. The van der Waals surface area contributed by atoms with Gasteiger partial charge in [0.15, 0.2) is 0 Å². The van der Waals surface area contributed by atoms with Crippen LogP contribution >= 0.6 is 11.6 Å². The number of nitrogens with zero attached hydrogens (tertiary/aromatic N) is 1. The van der Waals surface area contributed by atoms with Crippen LogP contribution in [0, 0.1) is 5.82 Å². The van der Waals surface area contributed by atoms with Gasteiger partial charge in [-0.1, -0.05) is 23.7 Å². The summed E-state index contributed by atoms with van der Waals surface area (Å²) in [5, 5.41) is 2.82. The lowest BCUT2D eigenvalue weighted by atomic mass is 9.90. The maximum Gasteiger partial charge on any atom is 0.258 e. The number of hydrogen-bond donors (Lipinski definition) is 1. The number of pyridine rings is 1. The van der Waals surface area contributed by atoms with Crippen LogP contribution in [0.4, 0.5) is 10.1 Å². The van der Waals surface area contributed by atoms with Crippen molar-refractivity contribution in [3.63, 3.8) is 0 Å². The summed E-state index contributed by atoms with van der Waals surface area (Å²) in [6.07, 6.45) is 5.25. The second-order valence-corrected chi connectivity index (χ2v) is 5.45. The van der Waals surface area contributed by atoms with Crippen LogP contribution in [0.1, 0.15) is 34.3 Å². The number of rotatable bonds is 2. The zero-order chi connectivity index (χ0) is 14.8. The van der Waals surface area contributed by atoms with E-state index in [4.69, 9.17) is 11.6 Å². The summed E-state index contributed by atoms with van der Waals surface area (Å²) in [5.74, 6) is -1.02. The number of hydrogen-bond acceptors (Lipinski definition) is 2. The lowest BCUT2D eigenvalue weighted by Crippen LogP contribution is -2.16. The smallest absolute Gasteiger partial charge is 0.258 e. The summed E-state index contributed by atoms with van der Waals surface area (Å²) >= 11 is 5.86. The molecular formula is C16H14ClFN2O. The van der Waals surface area contributed by atoms with Gasteiger partial charge in [0, 0.05) is 5.69 Å². The van der Waals surface area contributed by atoms with E-state index >= 15 is 0 Å². The monoisotopic (exact) mass is 304 g/mol. The van der Waals surface area contributed by atoms with Gasteiger partial charge in [0.05, 0.1) is 11.8 Å². The van der Waals surface area contributed by atoms with Crippen LogP contribution < -0.4 is 5.32 Å². The number of aromatic nitrogens is 1. The van der Waals surface area contributed by atoms with Gasteiger partial charge in [-0.2, -0.15) is 0 Å². The first-order valence-corrected chi connectivity index (χ1v) is 7.26. The molecule has 1 aromatic heterocycles. The number of nitrogens with one attached hydrogen (secondary N) is 1. The molecule has 0 atom stereocenters. The van der Waals surface area contributed by atoms with Crippen molar-refractivity contribution in [3.05, 3.63) is 58.1 Å². The minimum Gasteiger partial charge on any atom is -0.322 e. The minimum absolute atomic E-state index is 0.00120. The highest BCUT2D eigenvalue weighted by molar-refractivity contribution is 6.33. The fraction of sp³-hybridized carbons (Fsp3) is 0.250. The molecule has 0 saturated heterocycles. The fourth-order valence-corrected chi connectivity index (χ4v) is 2.86. The van der Waals surface area contributed by atoms with Crippen molar-refractivity contribution in [1.29, 1.82) is 0 Å². The first-order chi connectivity index (χ1) is 10.1. The van der Waals surface area contributed by atoms with Gasteiger partial charge in [-0.25, -0.2) is 9.37 Å². The van der Waals surface area contributed by atoms with E-state index in [1.165, 1.54) is 12.0 Å². The predicted octanol–water partition coefficient (Wildman–Crippen LogP) is 4.01. The van der Waals surface area contributed by atoms with E-state index in [1.807, 2.05) is 12.1 Å². The van der Waals surface area contributed by atoms with Crippen LogP contribution in [0.25, 0.3) is 0 Å². The Labute approximate surface area is 127 Å². The van der Waals surface area contributed by atoms with E-state index < -0.39 is 11.7 Å². The Kier molecular flexibility index (Phi) is 3.88. The highest BCUT2D eigenvalue weighted by Gasteiger charge is 2.17. The molecule has 1 aliphatic carbocycles. The lowest BCUT2D eigenvalue weighted by Gasteiger charge is -2.19. The van der Waals surface area contributed by atoms with Crippen LogP contribution in [0.3, 0.4) is 0 Å². The van der Waals surface area contributed by atoms with Crippen molar-refractivity contribution in [2.45, 2.75) is 25.7 Å². The molecule has 0 spiro atoms. The largest absolute Gasteiger partial charge is 0.322 e. The van der Waals surface area contributed by atoms with Crippen molar-refractivity contribution in [3.8, 4) is 0 Å². The number of fused-ring (bicyclic) bond motifs is 1. The van der Waals surface area contributed by atoms with Crippen LogP contribution in [-0.4, -0.2) is 10.9 Å². The molecule has 1 aromatic carbocycles. The average molecular weight is 305 g/mol. The third kappa shape index (κ3) is 2.90. The Balaban J connectivity index is 1.90. The molecule has 108 valence electrons. The number of carbonyl (C=O) groups excluding carboxylic acids is 1. The standard InChI is InChI=1S/C16H14ClFN2O/c17-15-13(8-11(18)9-19-15)16(21)20-14-7-3-5-10-4-1-2-6-12(10)14/h3,5,7-9H,1-2,4,6H2,(H,20,21). The molecule has 0 saturated carbocycles. The number of halogens is 2. The highest BCUT2D eigenvalue weighted by atomic mass is 35.5. The average Bonchev–Trinajstić information content (AvgIpc) is 2.50. The fourth-order valence-electron chi connectivity index (χ4n) is 2.67. The van der Waals surface area contributed by atoms with Gasteiger partial charge in [-0.15, -0.1) is 0 Å². The minimum atomic E-state index is -0.584. The van der Waals surface area contributed by atoms with E-state index in [2.05, 4.69) is 16.4 Å².